The fourth-order valence-corrected chi connectivity index (χ4v) is 3.43. The molecule has 2 aromatic rings. The van der Waals surface area contributed by atoms with Crippen molar-refractivity contribution in [1.82, 2.24) is 5.32 Å². The summed E-state index contributed by atoms with van der Waals surface area (Å²) in [6.07, 6.45) is 5.82. The monoisotopic (exact) mass is 380 g/mol. The van der Waals surface area contributed by atoms with E-state index in [-0.39, 0.29) is 18.6 Å². The number of methoxy groups -OCH3 is 1. The lowest BCUT2D eigenvalue weighted by atomic mass is 10.0. The normalized spacial score (nSPS) is 14.9. The summed E-state index contributed by atoms with van der Waals surface area (Å²) in [5.74, 6) is 1.10. The molecule has 5 heteroatoms. The van der Waals surface area contributed by atoms with E-state index in [1.54, 1.807) is 7.11 Å². The number of carbonyl (C=O) groups is 1. The van der Waals surface area contributed by atoms with E-state index in [1.165, 1.54) is 5.69 Å². The zero-order chi connectivity index (χ0) is 19.8. The largest absolute Gasteiger partial charge is 0.493 e. The molecule has 3 rings (SSSR count). The zero-order valence-corrected chi connectivity index (χ0v) is 16.6. The van der Waals surface area contributed by atoms with Crippen molar-refractivity contribution in [3.8, 4) is 11.5 Å². The molecule has 1 saturated heterocycles. The van der Waals surface area contributed by atoms with Gasteiger partial charge < -0.3 is 19.7 Å². The Kier molecular flexibility index (Phi) is 6.95. The first kappa shape index (κ1) is 19.8. The van der Waals surface area contributed by atoms with Gasteiger partial charge in [-0.1, -0.05) is 36.4 Å². The molecule has 5 nitrogen and oxygen atoms in total. The molecule has 0 bridgehead atoms. The van der Waals surface area contributed by atoms with Gasteiger partial charge in [-0.05, 0) is 49.6 Å². The van der Waals surface area contributed by atoms with Crippen molar-refractivity contribution in [2.75, 3.05) is 31.7 Å². The number of hydrogen-bond acceptors (Lipinski definition) is 4. The minimum absolute atomic E-state index is 0.0157. The van der Waals surface area contributed by atoms with Crippen molar-refractivity contribution in [3.63, 3.8) is 0 Å². The van der Waals surface area contributed by atoms with Gasteiger partial charge in [0.1, 0.15) is 0 Å². The highest BCUT2D eigenvalue weighted by Gasteiger charge is 2.21. The van der Waals surface area contributed by atoms with E-state index in [4.69, 9.17) is 9.47 Å². The third kappa shape index (κ3) is 5.28. The van der Waals surface area contributed by atoms with Crippen molar-refractivity contribution in [2.24, 2.45) is 0 Å². The number of amides is 1. The topological polar surface area (TPSA) is 50.8 Å². The van der Waals surface area contributed by atoms with Gasteiger partial charge in [0, 0.05) is 24.8 Å². The number of benzene rings is 2. The van der Waals surface area contributed by atoms with Crippen LogP contribution in [0.3, 0.4) is 0 Å². The number of anilines is 1. The number of hydrogen-bond donors (Lipinski definition) is 1. The average Bonchev–Trinajstić information content (AvgIpc) is 2.74. The molecule has 0 spiro atoms. The first-order valence-electron chi connectivity index (χ1n) is 9.72. The van der Waals surface area contributed by atoms with E-state index in [1.807, 2.05) is 43.3 Å². The van der Waals surface area contributed by atoms with Crippen molar-refractivity contribution in [3.05, 3.63) is 60.2 Å². The van der Waals surface area contributed by atoms with E-state index < -0.39 is 0 Å². The molecule has 0 atom stereocenters. The van der Waals surface area contributed by atoms with Crippen LogP contribution >= 0.6 is 0 Å². The molecule has 1 aliphatic rings. The molecule has 0 saturated carbocycles. The van der Waals surface area contributed by atoms with Crippen LogP contribution in [0.4, 0.5) is 5.69 Å². The van der Waals surface area contributed by atoms with Crippen LogP contribution in [0, 0.1) is 0 Å². The predicted molar refractivity (Wildman–Crippen MR) is 113 cm³/mol. The lowest BCUT2D eigenvalue weighted by Crippen LogP contribution is -2.46. The Morgan fingerprint density at radius 2 is 1.89 bits per heavy atom. The van der Waals surface area contributed by atoms with Gasteiger partial charge in [0.15, 0.2) is 18.1 Å². The number of carbonyl (C=O) groups excluding carboxylic acids is 1. The minimum atomic E-state index is -0.0993. The van der Waals surface area contributed by atoms with Gasteiger partial charge in [-0.2, -0.15) is 0 Å². The maximum Gasteiger partial charge on any atom is 0.258 e. The molecule has 148 valence electrons. The molecule has 0 aliphatic carbocycles. The Morgan fingerprint density at radius 1 is 1.14 bits per heavy atom. The number of nitrogens with zero attached hydrogens (tertiary/aromatic N) is 1. The second-order valence-corrected chi connectivity index (χ2v) is 6.86. The Balaban J connectivity index is 1.46. The molecule has 1 heterocycles. The number of rotatable bonds is 7. The van der Waals surface area contributed by atoms with Gasteiger partial charge in [-0.25, -0.2) is 0 Å². The molecule has 1 N–H and O–H groups in total. The van der Waals surface area contributed by atoms with E-state index in [2.05, 4.69) is 34.5 Å². The summed E-state index contributed by atoms with van der Waals surface area (Å²) < 4.78 is 11.1. The molecule has 1 fully saturated rings. The van der Waals surface area contributed by atoms with E-state index in [9.17, 15) is 4.79 Å². The van der Waals surface area contributed by atoms with Gasteiger partial charge in [0.05, 0.1) is 7.11 Å². The van der Waals surface area contributed by atoms with Gasteiger partial charge in [0.2, 0.25) is 0 Å². The van der Waals surface area contributed by atoms with Crippen LogP contribution in [0.5, 0.6) is 11.5 Å². The zero-order valence-electron chi connectivity index (χ0n) is 16.6. The van der Waals surface area contributed by atoms with Crippen LogP contribution in [0.25, 0.3) is 6.08 Å². The summed E-state index contributed by atoms with van der Waals surface area (Å²) in [4.78, 5) is 14.7. The van der Waals surface area contributed by atoms with Gasteiger partial charge in [-0.3, -0.25) is 4.79 Å². The van der Waals surface area contributed by atoms with Gasteiger partial charge in [-0.15, -0.1) is 0 Å². The fraction of sp³-hybridized carbons (Fsp3) is 0.348. The van der Waals surface area contributed by atoms with Crippen molar-refractivity contribution >= 4 is 17.7 Å². The Hall–Kier alpha value is -2.95. The summed E-state index contributed by atoms with van der Waals surface area (Å²) in [6, 6.07) is 16.2. The van der Waals surface area contributed by atoms with E-state index in [0.717, 1.165) is 31.5 Å². The number of allylic oxidation sites excluding steroid dienone is 1. The smallest absolute Gasteiger partial charge is 0.258 e. The SMILES string of the molecule is C/C=C/c1ccc(OCC(=O)NC2CCN(c3ccccc3)CC2)c(OC)c1. The van der Waals surface area contributed by atoms with Crippen LogP contribution < -0.4 is 19.7 Å². The van der Waals surface area contributed by atoms with Crippen LogP contribution in [0.1, 0.15) is 25.3 Å². The lowest BCUT2D eigenvalue weighted by molar-refractivity contribution is -0.123. The van der Waals surface area contributed by atoms with Crippen LogP contribution in [0.15, 0.2) is 54.6 Å². The van der Waals surface area contributed by atoms with Crippen molar-refractivity contribution < 1.29 is 14.3 Å². The number of nitrogens with one attached hydrogen (secondary N) is 1. The van der Waals surface area contributed by atoms with Crippen molar-refractivity contribution in [2.45, 2.75) is 25.8 Å². The quantitative estimate of drug-likeness (QED) is 0.792. The maximum atomic E-state index is 12.3. The summed E-state index contributed by atoms with van der Waals surface area (Å²) in [6.45, 7) is 3.83. The first-order chi connectivity index (χ1) is 13.7. The van der Waals surface area contributed by atoms with Crippen LogP contribution in [0.2, 0.25) is 0 Å². The molecule has 1 aliphatic heterocycles. The lowest BCUT2D eigenvalue weighted by Gasteiger charge is -2.34. The second kappa shape index (κ2) is 9.83. The molecule has 0 aromatic heterocycles. The standard InChI is InChI=1S/C23H28N2O3/c1-3-7-18-10-11-21(22(16-18)27-2)28-17-23(26)24-19-12-14-25(15-13-19)20-8-5-4-6-9-20/h3-11,16,19H,12-15,17H2,1-2H3,(H,24,26)/b7-3+. The van der Waals surface area contributed by atoms with E-state index in [0.29, 0.717) is 11.5 Å². The predicted octanol–water partition coefficient (Wildman–Crippen LogP) is 3.89. The Morgan fingerprint density at radius 3 is 2.57 bits per heavy atom. The maximum absolute atomic E-state index is 12.3. The molecule has 1 amide bonds. The number of ether oxygens (including phenoxy) is 2. The Bertz CT molecular complexity index is 797. The summed E-state index contributed by atoms with van der Waals surface area (Å²) in [5.41, 5.74) is 2.27. The van der Waals surface area contributed by atoms with E-state index >= 15 is 0 Å². The van der Waals surface area contributed by atoms with Gasteiger partial charge in [0.25, 0.3) is 5.91 Å². The molecule has 0 radical (unpaired) electrons. The molecule has 28 heavy (non-hydrogen) atoms. The van der Waals surface area contributed by atoms with Crippen LogP contribution in [-0.4, -0.2) is 38.8 Å². The summed E-state index contributed by atoms with van der Waals surface area (Å²) in [5, 5.41) is 3.09. The summed E-state index contributed by atoms with van der Waals surface area (Å²) >= 11 is 0. The molecule has 2 aromatic carbocycles. The second-order valence-electron chi connectivity index (χ2n) is 6.86. The Labute approximate surface area is 167 Å². The number of piperidine rings is 1. The molecule has 0 unspecified atom stereocenters. The average molecular weight is 380 g/mol. The highest BCUT2D eigenvalue weighted by molar-refractivity contribution is 5.78. The molecular weight excluding hydrogens is 352 g/mol. The van der Waals surface area contributed by atoms with Crippen molar-refractivity contribution in [1.29, 1.82) is 0 Å². The van der Waals surface area contributed by atoms with Crippen LogP contribution in [-0.2, 0) is 4.79 Å². The minimum Gasteiger partial charge on any atom is -0.493 e. The molecular formula is C23H28N2O3. The van der Waals surface area contributed by atoms with Gasteiger partial charge >= 0.3 is 0 Å². The highest BCUT2D eigenvalue weighted by Crippen LogP contribution is 2.28. The summed E-state index contributed by atoms with van der Waals surface area (Å²) in [7, 11) is 1.60. The number of para-hydroxylation sites is 1. The fourth-order valence-electron chi connectivity index (χ4n) is 3.43. The third-order valence-corrected chi connectivity index (χ3v) is 4.89. The third-order valence-electron chi connectivity index (χ3n) is 4.89. The highest BCUT2D eigenvalue weighted by atomic mass is 16.5. The first-order valence-corrected chi connectivity index (χ1v) is 9.72.